The van der Waals surface area contributed by atoms with Crippen LogP contribution in [0.3, 0.4) is 0 Å². The van der Waals surface area contributed by atoms with E-state index in [2.05, 4.69) is 41.7 Å². The zero-order chi connectivity index (χ0) is 14.5. The zero-order valence-corrected chi connectivity index (χ0v) is 12.3. The minimum atomic E-state index is 0.443. The Morgan fingerprint density at radius 3 is 2.76 bits per heavy atom. The highest BCUT2D eigenvalue weighted by Crippen LogP contribution is 2.34. The molecule has 1 heterocycles. The molecule has 0 radical (unpaired) electrons. The fraction of sp³-hybridized carbons (Fsp3) is 0.333. The van der Waals surface area contributed by atoms with Gasteiger partial charge in [-0.2, -0.15) is 0 Å². The van der Waals surface area contributed by atoms with Gasteiger partial charge in [0.1, 0.15) is 12.4 Å². The Labute approximate surface area is 125 Å². The van der Waals surface area contributed by atoms with E-state index in [4.69, 9.17) is 9.47 Å². The first-order valence-electron chi connectivity index (χ1n) is 7.41. The number of para-hydroxylation sites is 2. The van der Waals surface area contributed by atoms with Crippen molar-refractivity contribution in [1.82, 2.24) is 0 Å². The third-order valence-electron chi connectivity index (χ3n) is 3.93. The first-order valence-corrected chi connectivity index (χ1v) is 7.41. The van der Waals surface area contributed by atoms with Crippen LogP contribution in [0.2, 0.25) is 0 Å². The summed E-state index contributed by atoms with van der Waals surface area (Å²) in [6.45, 7) is 2.14. The van der Waals surface area contributed by atoms with E-state index in [0.717, 1.165) is 18.7 Å². The van der Waals surface area contributed by atoms with E-state index >= 15 is 0 Å². The Morgan fingerprint density at radius 1 is 1.05 bits per heavy atom. The van der Waals surface area contributed by atoms with Crippen LogP contribution in [0.4, 0.5) is 5.69 Å². The van der Waals surface area contributed by atoms with E-state index in [9.17, 15) is 0 Å². The molecule has 1 aliphatic heterocycles. The SMILES string of the molecule is COCCOc1ccccc1C1CNc2ccccc2C1. The first-order chi connectivity index (χ1) is 10.4. The Bertz CT molecular complexity index is 597. The summed E-state index contributed by atoms with van der Waals surface area (Å²) in [6.07, 6.45) is 1.05. The third-order valence-corrected chi connectivity index (χ3v) is 3.93. The normalized spacial score (nSPS) is 16.9. The summed E-state index contributed by atoms with van der Waals surface area (Å²) in [7, 11) is 1.69. The van der Waals surface area contributed by atoms with Gasteiger partial charge in [-0.25, -0.2) is 0 Å². The van der Waals surface area contributed by atoms with Gasteiger partial charge >= 0.3 is 0 Å². The quantitative estimate of drug-likeness (QED) is 0.852. The van der Waals surface area contributed by atoms with Crippen LogP contribution in [-0.4, -0.2) is 26.9 Å². The molecule has 0 bridgehead atoms. The second kappa shape index (κ2) is 6.64. The van der Waals surface area contributed by atoms with Gasteiger partial charge in [0.25, 0.3) is 0 Å². The number of fused-ring (bicyclic) bond motifs is 1. The molecule has 0 spiro atoms. The first kappa shape index (κ1) is 14.0. The molecule has 0 aliphatic carbocycles. The van der Waals surface area contributed by atoms with Gasteiger partial charge in [0.15, 0.2) is 0 Å². The lowest BCUT2D eigenvalue weighted by Gasteiger charge is -2.27. The smallest absolute Gasteiger partial charge is 0.122 e. The summed E-state index contributed by atoms with van der Waals surface area (Å²) in [5.74, 6) is 1.42. The second-order valence-corrected chi connectivity index (χ2v) is 5.32. The standard InChI is InChI=1S/C18H21NO2/c1-20-10-11-21-18-9-5-3-7-16(18)15-12-14-6-2-4-8-17(14)19-13-15/h2-9,15,19H,10-13H2,1H3. The molecule has 1 aliphatic rings. The molecule has 0 aromatic heterocycles. The third kappa shape index (κ3) is 3.19. The maximum atomic E-state index is 5.87. The van der Waals surface area contributed by atoms with Crippen molar-refractivity contribution >= 4 is 5.69 Å². The van der Waals surface area contributed by atoms with Crippen LogP contribution in [0.5, 0.6) is 5.75 Å². The van der Waals surface area contributed by atoms with Gasteiger partial charge in [-0.05, 0) is 29.7 Å². The van der Waals surface area contributed by atoms with Crippen LogP contribution < -0.4 is 10.1 Å². The van der Waals surface area contributed by atoms with E-state index in [1.54, 1.807) is 7.11 Å². The van der Waals surface area contributed by atoms with E-state index in [1.165, 1.54) is 16.8 Å². The average Bonchev–Trinajstić information content (AvgIpc) is 2.55. The minimum Gasteiger partial charge on any atom is -0.491 e. The summed E-state index contributed by atoms with van der Waals surface area (Å²) >= 11 is 0. The lowest BCUT2D eigenvalue weighted by molar-refractivity contribution is 0.145. The fourth-order valence-electron chi connectivity index (χ4n) is 2.85. The van der Waals surface area contributed by atoms with Crippen molar-refractivity contribution in [2.75, 3.05) is 32.2 Å². The molecular formula is C18H21NO2. The van der Waals surface area contributed by atoms with E-state index in [1.807, 2.05) is 12.1 Å². The number of hydrogen-bond donors (Lipinski definition) is 1. The molecule has 1 unspecified atom stereocenters. The van der Waals surface area contributed by atoms with Crippen LogP contribution in [-0.2, 0) is 11.2 Å². The number of hydrogen-bond acceptors (Lipinski definition) is 3. The average molecular weight is 283 g/mol. The second-order valence-electron chi connectivity index (χ2n) is 5.32. The number of rotatable bonds is 5. The maximum absolute atomic E-state index is 5.87. The highest BCUT2D eigenvalue weighted by molar-refractivity contribution is 5.55. The van der Waals surface area contributed by atoms with Gasteiger partial charge in [0.2, 0.25) is 0 Å². The van der Waals surface area contributed by atoms with Gasteiger partial charge in [-0.1, -0.05) is 36.4 Å². The molecule has 2 aromatic rings. The zero-order valence-electron chi connectivity index (χ0n) is 12.3. The molecule has 3 heteroatoms. The van der Waals surface area contributed by atoms with Gasteiger partial charge < -0.3 is 14.8 Å². The molecule has 21 heavy (non-hydrogen) atoms. The van der Waals surface area contributed by atoms with Crippen LogP contribution in [0.25, 0.3) is 0 Å². The summed E-state index contributed by atoms with van der Waals surface area (Å²) in [5, 5.41) is 3.53. The summed E-state index contributed by atoms with van der Waals surface area (Å²) in [5.41, 5.74) is 3.91. The van der Waals surface area contributed by atoms with Crippen molar-refractivity contribution in [1.29, 1.82) is 0 Å². The van der Waals surface area contributed by atoms with Crippen LogP contribution >= 0.6 is 0 Å². The Morgan fingerprint density at radius 2 is 1.86 bits per heavy atom. The predicted molar refractivity (Wildman–Crippen MR) is 85.2 cm³/mol. The Hall–Kier alpha value is -2.00. The highest BCUT2D eigenvalue weighted by atomic mass is 16.5. The molecular weight excluding hydrogens is 262 g/mol. The molecule has 3 nitrogen and oxygen atoms in total. The molecule has 3 rings (SSSR count). The van der Waals surface area contributed by atoms with E-state index in [-0.39, 0.29) is 0 Å². The highest BCUT2D eigenvalue weighted by Gasteiger charge is 2.21. The van der Waals surface area contributed by atoms with Crippen LogP contribution in [0.1, 0.15) is 17.0 Å². The number of methoxy groups -OCH3 is 1. The lowest BCUT2D eigenvalue weighted by Crippen LogP contribution is -2.22. The number of benzene rings is 2. The molecule has 0 saturated carbocycles. The maximum Gasteiger partial charge on any atom is 0.122 e. The molecule has 2 aromatic carbocycles. The summed E-state index contributed by atoms with van der Waals surface area (Å²) in [6, 6.07) is 16.8. The molecule has 1 N–H and O–H groups in total. The largest absolute Gasteiger partial charge is 0.491 e. The summed E-state index contributed by atoms with van der Waals surface area (Å²) < 4.78 is 10.9. The van der Waals surface area contributed by atoms with Crippen molar-refractivity contribution in [3.63, 3.8) is 0 Å². The molecule has 0 saturated heterocycles. The lowest BCUT2D eigenvalue weighted by atomic mass is 9.88. The van der Waals surface area contributed by atoms with Gasteiger partial charge in [0.05, 0.1) is 6.61 Å². The van der Waals surface area contributed by atoms with Crippen LogP contribution in [0, 0.1) is 0 Å². The van der Waals surface area contributed by atoms with Gasteiger partial charge in [-0.15, -0.1) is 0 Å². The van der Waals surface area contributed by atoms with Crippen LogP contribution in [0.15, 0.2) is 48.5 Å². The Kier molecular flexibility index (Phi) is 4.41. The minimum absolute atomic E-state index is 0.443. The Balaban J connectivity index is 1.78. The summed E-state index contributed by atoms with van der Waals surface area (Å²) in [4.78, 5) is 0. The number of nitrogens with one attached hydrogen (secondary N) is 1. The fourth-order valence-corrected chi connectivity index (χ4v) is 2.85. The van der Waals surface area contributed by atoms with Crippen molar-refractivity contribution in [2.45, 2.75) is 12.3 Å². The van der Waals surface area contributed by atoms with Gasteiger partial charge in [0, 0.05) is 25.3 Å². The monoisotopic (exact) mass is 283 g/mol. The van der Waals surface area contributed by atoms with Crippen molar-refractivity contribution in [2.24, 2.45) is 0 Å². The topological polar surface area (TPSA) is 30.5 Å². The molecule has 1 atom stereocenters. The van der Waals surface area contributed by atoms with E-state index < -0.39 is 0 Å². The molecule has 110 valence electrons. The van der Waals surface area contributed by atoms with E-state index in [0.29, 0.717) is 19.1 Å². The predicted octanol–water partition coefficient (Wildman–Crippen LogP) is 3.46. The number of ether oxygens (including phenoxy) is 2. The van der Waals surface area contributed by atoms with Crippen molar-refractivity contribution in [3.8, 4) is 5.75 Å². The molecule has 0 fully saturated rings. The van der Waals surface area contributed by atoms with Crippen molar-refractivity contribution in [3.05, 3.63) is 59.7 Å². The number of anilines is 1. The van der Waals surface area contributed by atoms with Gasteiger partial charge in [-0.3, -0.25) is 0 Å². The van der Waals surface area contributed by atoms with Crippen molar-refractivity contribution < 1.29 is 9.47 Å². The molecule has 0 amide bonds.